The number of rotatable bonds is 5. The molecule has 0 saturated carbocycles. The van der Waals surface area contributed by atoms with Crippen LogP contribution in [-0.4, -0.2) is 18.4 Å². The van der Waals surface area contributed by atoms with Gasteiger partial charge in [0.15, 0.2) is 0 Å². The molecule has 126 valence electrons. The van der Waals surface area contributed by atoms with Crippen molar-refractivity contribution in [3.63, 3.8) is 0 Å². The maximum atomic E-state index is 12.6. The molecule has 0 bridgehead atoms. The number of para-hydroxylation sites is 1. The molecule has 0 heterocycles. The van der Waals surface area contributed by atoms with E-state index in [0.29, 0.717) is 29.3 Å². The molecule has 0 unspecified atom stereocenters. The zero-order valence-corrected chi connectivity index (χ0v) is 14.6. The number of aryl methyl sites for hydroxylation is 2. The van der Waals surface area contributed by atoms with Gasteiger partial charge in [0.25, 0.3) is 11.8 Å². The van der Waals surface area contributed by atoms with Crippen molar-refractivity contribution < 1.29 is 9.59 Å². The van der Waals surface area contributed by atoms with Gasteiger partial charge in [-0.25, -0.2) is 0 Å². The number of hydrogen-bond donors (Lipinski definition) is 2. The van der Waals surface area contributed by atoms with Crippen molar-refractivity contribution in [2.75, 3.05) is 11.9 Å². The molecule has 0 aliphatic rings. The molecule has 2 aromatic carbocycles. The SMILES string of the molecule is Cc1ccc(C)c(C(=O)Nc2ccccc2C(=O)NCC(C)C)c1. The number of carbonyl (C=O) groups excluding carboxylic acids is 2. The Kier molecular flexibility index (Phi) is 5.74. The van der Waals surface area contributed by atoms with Crippen molar-refractivity contribution in [2.45, 2.75) is 27.7 Å². The Balaban J connectivity index is 2.22. The molecule has 4 heteroatoms. The highest BCUT2D eigenvalue weighted by molar-refractivity contribution is 6.09. The summed E-state index contributed by atoms with van der Waals surface area (Å²) >= 11 is 0. The van der Waals surface area contributed by atoms with Gasteiger partial charge in [-0.15, -0.1) is 0 Å². The predicted octanol–water partition coefficient (Wildman–Crippen LogP) is 3.94. The van der Waals surface area contributed by atoms with E-state index in [1.807, 2.05) is 45.9 Å². The van der Waals surface area contributed by atoms with Crippen LogP contribution in [-0.2, 0) is 0 Å². The molecule has 0 fully saturated rings. The van der Waals surface area contributed by atoms with Crippen molar-refractivity contribution in [3.05, 3.63) is 64.7 Å². The molecule has 2 amide bonds. The topological polar surface area (TPSA) is 58.2 Å². The number of hydrogen-bond acceptors (Lipinski definition) is 2. The fourth-order valence-corrected chi connectivity index (χ4v) is 2.35. The van der Waals surface area contributed by atoms with Crippen molar-refractivity contribution in [1.29, 1.82) is 0 Å². The first-order valence-electron chi connectivity index (χ1n) is 8.14. The molecule has 0 radical (unpaired) electrons. The van der Waals surface area contributed by atoms with E-state index in [-0.39, 0.29) is 11.8 Å². The van der Waals surface area contributed by atoms with Crippen LogP contribution in [0.1, 0.15) is 45.7 Å². The molecule has 0 atom stereocenters. The third-order valence-corrected chi connectivity index (χ3v) is 3.73. The lowest BCUT2D eigenvalue weighted by molar-refractivity contribution is 0.0950. The summed E-state index contributed by atoms with van der Waals surface area (Å²) in [6.07, 6.45) is 0. The Hall–Kier alpha value is -2.62. The Morgan fingerprint density at radius 3 is 2.38 bits per heavy atom. The van der Waals surface area contributed by atoms with Crippen LogP contribution in [0, 0.1) is 19.8 Å². The minimum atomic E-state index is -0.208. The number of benzene rings is 2. The molecule has 2 rings (SSSR count). The zero-order chi connectivity index (χ0) is 17.7. The van der Waals surface area contributed by atoms with Crippen LogP contribution in [0.3, 0.4) is 0 Å². The number of anilines is 1. The lowest BCUT2D eigenvalue weighted by atomic mass is 10.0. The normalized spacial score (nSPS) is 10.5. The van der Waals surface area contributed by atoms with Gasteiger partial charge in [-0.05, 0) is 43.5 Å². The minimum absolute atomic E-state index is 0.180. The van der Waals surface area contributed by atoms with Crippen molar-refractivity contribution in [3.8, 4) is 0 Å². The third kappa shape index (κ3) is 4.44. The first-order chi connectivity index (χ1) is 11.4. The van der Waals surface area contributed by atoms with Gasteiger partial charge < -0.3 is 10.6 Å². The van der Waals surface area contributed by atoms with Gasteiger partial charge in [0.05, 0.1) is 11.3 Å². The summed E-state index contributed by atoms with van der Waals surface area (Å²) in [5.74, 6) is -0.0217. The van der Waals surface area contributed by atoms with Crippen LogP contribution in [0.4, 0.5) is 5.69 Å². The molecule has 0 aromatic heterocycles. The molecular weight excluding hydrogens is 300 g/mol. The Morgan fingerprint density at radius 2 is 1.67 bits per heavy atom. The molecule has 2 N–H and O–H groups in total. The molecule has 0 aliphatic heterocycles. The Morgan fingerprint density at radius 1 is 0.958 bits per heavy atom. The van der Waals surface area contributed by atoms with E-state index in [4.69, 9.17) is 0 Å². The standard InChI is InChI=1S/C20H24N2O2/c1-13(2)12-21-19(23)16-7-5-6-8-18(16)22-20(24)17-11-14(3)9-10-15(17)4/h5-11,13H,12H2,1-4H3,(H,21,23)(H,22,24). The first-order valence-corrected chi connectivity index (χ1v) is 8.14. The predicted molar refractivity (Wildman–Crippen MR) is 97.5 cm³/mol. The van der Waals surface area contributed by atoms with E-state index < -0.39 is 0 Å². The van der Waals surface area contributed by atoms with Crippen LogP contribution in [0.5, 0.6) is 0 Å². The number of nitrogens with one attached hydrogen (secondary N) is 2. The molecule has 24 heavy (non-hydrogen) atoms. The molecule has 0 aliphatic carbocycles. The highest BCUT2D eigenvalue weighted by Crippen LogP contribution is 2.18. The van der Waals surface area contributed by atoms with E-state index >= 15 is 0 Å². The van der Waals surface area contributed by atoms with Crippen LogP contribution >= 0.6 is 0 Å². The summed E-state index contributed by atoms with van der Waals surface area (Å²) in [6.45, 7) is 8.51. The molecule has 4 nitrogen and oxygen atoms in total. The fraction of sp³-hybridized carbons (Fsp3) is 0.300. The van der Waals surface area contributed by atoms with E-state index in [1.54, 1.807) is 24.3 Å². The average molecular weight is 324 g/mol. The molecule has 2 aromatic rings. The van der Waals surface area contributed by atoms with E-state index in [2.05, 4.69) is 10.6 Å². The van der Waals surface area contributed by atoms with Gasteiger partial charge in [0, 0.05) is 12.1 Å². The van der Waals surface area contributed by atoms with E-state index in [9.17, 15) is 9.59 Å². The highest BCUT2D eigenvalue weighted by Gasteiger charge is 2.15. The largest absolute Gasteiger partial charge is 0.352 e. The average Bonchev–Trinajstić information content (AvgIpc) is 2.55. The van der Waals surface area contributed by atoms with Crippen LogP contribution < -0.4 is 10.6 Å². The van der Waals surface area contributed by atoms with Gasteiger partial charge in [0.2, 0.25) is 0 Å². The fourth-order valence-electron chi connectivity index (χ4n) is 2.35. The van der Waals surface area contributed by atoms with Crippen molar-refractivity contribution in [2.24, 2.45) is 5.92 Å². The smallest absolute Gasteiger partial charge is 0.255 e. The maximum Gasteiger partial charge on any atom is 0.255 e. The second-order valence-electron chi connectivity index (χ2n) is 6.42. The first kappa shape index (κ1) is 17.7. The van der Waals surface area contributed by atoms with Crippen LogP contribution in [0.15, 0.2) is 42.5 Å². The van der Waals surface area contributed by atoms with Gasteiger partial charge in [0.1, 0.15) is 0 Å². The number of carbonyl (C=O) groups is 2. The van der Waals surface area contributed by atoms with E-state index in [0.717, 1.165) is 11.1 Å². The summed E-state index contributed by atoms with van der Waals surface area (Å²) in [7, 11) is 0. The summed E-state index contributed by atoms with van der Waals surface area (Å²) in [6, 6.07) is 12.8. The summed E-state index contributed by atoms with van der Waals surface area (Å²) in [5.41, 5.74) is 3.53. The second kappa shape index (κ2) is 7.77. The zero-order valence-electron chi connectivity index (χ0n) is 14.6. The Bertz CT molecular complexity index is 751. The van der Waals surface area contributed by atoms with Gasteiger partial charge in [-0.1, -0.05) is 43.7 Å². The molecule has 0 spiro atoms. The maximum absolute atomic E-state index is 12.6. The van der Waals surface area contributed by atoms with Gasteiger partial charge in [-0.3, -0.25) is 9.59 Å². The summed E-state index contributed by atoms with van der Waals surface area (Å²) < 4.78 is 0. The molecule has 0 saturated heterocycles. The summed E-state index contributed by atoms with van der Waals surface area (Å²) in [4.78, 5) is 24.9. The Labute approximate surface area is 143 Å². The lowest BCUT2D eigenvalue weighted by Crippen LogP contribution is -2.28. The third-order valence-electron chi connectivity index (χ3n) is 3.73. The second-order valence-corrected chi connectivity index (χ2v) is 6.42. The quantitative estimate of drug-likeness (QED) is 0.875. The van der Waals surface area contributed by atoms with Crippen LogP contribution in [0.2, 0.25) is 0 Å². The van der Waals surface area contributed by atoms with Gasteiger partial charge >= 0.3 is 0 Å². The highest BCUT2D eigenvalue weighted by atomic mass is 16.2. The van der Waals surface area contributed by atoms with Crippen LogP contribution in [0.25, 0.3) is 0 Å². The minimum Gasteiger partial charge on any atom is -0.352 e. The van der Waals surface area contributed by atoms with E-state index in [1.165, 1.54) is 0 Å². The lowest BCUT2D eigenvalue weighted by Gasteiger charge is -2.13. The van der Waals surface area contributed by atoms with Gasteiger partial charge in [-0.2, -0.15) is 0 Å². The molecular formula is C20H24N2O2. The summed E-state index contributed by atoms with van der Waals surface area (Å²) in [5, 5.41) is 5.75. The van der Waals surface area contributed by atoms with Crippen molar-refractivity contribution in [1.82, 2.24) is 5.32 Å². The van der Waals surface area contributed by atoms with Crippen molar-refractivity contribution >= 4 is 17.5 Å². The monoisotopic (exact) mass is 324 g/mol. The number of amides is 2.